The summed E-state index contributed by atoms with van der Waals surface area (Å²) in [6, 6.07) is 8.40. The summed E-state index contributed by atoms with van der Waals surface area (Å²) in [5, 5.41) is 5.43. The number of carbonyl (C=O) groups is 4. The van der Waals surface area contributed by atoms with Crippen molar-refractivity contribution >= 4 is 35.4 Å². The summed E-state index contributed by atoms with van der Waals surface area (Å²) in [5.74, 6) is 2.42. The van der Waals surface area contributed by atoms with E-state index in [1.165, 1.54) is 19.8 Å². The molecule has 4 atom stereocenters. The molecule has 0 aliphatic carbocycles. The Kier molecular flexibility index (Phi) is 11.0. The van der Waals surface area contributed by atoms with Crippen molar-refractivity contribution < 1.29 is 33.4 Å². The van der Waals surface area contributed by atoms with Crippen molar-refractivity contribution in [3.63, 3.8) is 0 Å². The van der Waals surface area contributed by atoms with Crippen molar-refractivity contribution in [2.24, 2.45) is 11.8 Å². The molecule has 0 unspecified atom stereocenters. The molecule has 4 N–H and O–H groups in total. The van der Waals surface area contributed by atoms with Gasteiger partial charge in [-0.05, 0) is 80.2 Å². The van der Waals surface area contributed by atoms with Crippen LogP contribution in [0.25, 0.3) is 22.5 Å². The number of imidazole rings is 2. The molecule has 2 fully saturated rings. The van der Waals surface area contributed by atoms with E-state index in [9.17, 15) is 19.2 Å². The fraction of sp³-hybridized carbons (Fsp3) is 0.488. The van der Waals surface area contributed by atoms with Gasteiger partial charge < -0.3 is 49.5 Å². The topological polar surface area (TPSA) is 187 Å². The van der Waals surface area contributed by atoms with Gasteiger partial charge in [0.15, 0.2) is 11.5 Å². The van der Waals surface area contributed by atoms with Crippen LogP contribution in [0.15, 0.2) is 42.7 Å². The fourth-order valence-electron chi connectivity index (χ4n) is 9.05. The molecule has 16 nitrogen and oxygen atoms in total. The van der Waals surface area contributed by atoms with Crippen LogP contribution in [0.3, 0.4) is 0 Å². The maximum Gasteiger partial charge on any atom is 0.407 e. The number of H-pyrrole nitrogens is 2. The number of hydrogen-bond acceptors (Lipinski definition) is 10. The zero-order valence-corrected chi connectivity index (χ0v) is 34.5. The number of carbonyl (C=O) groups excluding carboxylic acids is 4. The first kappa shape index (κ1) is 39.8. The number of hydrogen-bond donors (Lipinski definition) is 4. The minimum absolute atomic E-state index is 0.117. The van der Waals surface area contributed by atoms with E-state index in [0.29, 0.717) is 18.9 Å². The van der Waals surface area contributed by atoms with Crippen LogP contribution < -0.4 is 20.3 Å². The molecule has 6 heterocycles. The first-order chi connectivity index (χ1) is 28.5. The third kappa shape index (κ3) is 7.44. The number of ether oxygens (including phenoxy) is 3. The number of benzene rings is 2. The second-order valence-corrected chi connectivity index (χ2v) is 16.4. The number of nitrogens with zero attached hydrogens (tertiary/aromatic N) is 5. The highest BCUT2D eigenvalue weighted by Gasteiger charge is 2.40. The number of alkyl carbamates (subject to hydrolysis) is 2. The Hall–Kier alpha value is -6.06. The quantitative estimate of drug-likeness (QED) is 0.134. The van der Waals surface area contributed by atoms with Gasteiger partial charge in [0.05, 0.1) is 61.5 Å². The molecule has 4 aromatic rings. The first-order valence-electron chi connectivity index (χ1n) is 20.6. The van der Waals surface area contributed by atoms with Gasteiger partial charge in [-0.2, -0.15) is 0 Å². The average Bonchev–Trinajstić information content (AvgIpc) is 4.08. The Balaban J connectivity index is 1.01. The Morgan fingerprint density at radius 2 is 1.32 bits per heavy atom. The molecular weight excluding hydrogens is 755 g/mol. The summed E-state index contributed by atoms with van der Waals surface area (Å²) in [4.78, 5) is 74.0. The largest absolute Gasteiger partial charge is 0.453 e. The first-order valence-corrected chi connectivity index (χ1v) is 20.6. The molecule has 59 heavy (non-hydrogen) atoms. The smallest absolute Gasteiger partial charge is 0.407 e. The molecule has 4 amide bonds. The lowest BCUT2D eigenvalue weighted by atomic mass is 9.92. The summed E-state index contributed by atoms with van der Waals surface area (Å²) in [5.41, 5.74) is 6.86. The average molecular weight is 808 g/mol. The van der Waals surface area contributed by atoms with E-state index < -0.39 is 24.3 Å². The van der Waals surface area contributed by atoms with Gasteiger partial charge in [0, 0.05) is 30.8 Å². The van der Waals surface area contributed by atoms with Crippen LogP contribution >= 0.6 is 0 Å². The predicted molar refractivity (Wildman–Crippen MR) is 219 cm³/mol. The molecule has 4 aliphatic heterocycles. The van der Waals surface area contributed by atoms with Crippen molar-refractivity contribution in [2.45, 2.75) is 90.4 Å². The number of fused-ring (bicyclic) bond motifs is 2. The minimum Gasteiger partial charge on any atom is -0.453 e. The second-order valence-electron chi connectivity index (χ2n) is 16.4. The van der Waals surface area contributed by atoms with Crippen molar-refractivity contribution in [2.75, 3.05) is 38.8 Å². The van der Waals surface area contributed by atoms with E-state index in [2.05, 4.69) is 43.7 Å². The lowest BCUT2D eigenvalue weighted by Crippen LogP contribution is -2.51. The number of aromatic nitrogens is 4. The summed E-state index contributed by atoms with van der Waals surface area (Å²) >= 11 is 0. The highest BCUT2D eigenvalue weighted by Crippen LogP contribution is 2.53. The zero-order valence-electron chi connectivity index (χ0n) is 34.5. The number of likely N-dealkylation sites (tertiary alicyclic amines) is 2. The summed E-state index contributed by atoms with van der Waals surface area (Å²) in [6.07, 6.45) is 7.42. The number of anilines is 2. The van der Waals surface area contributed by atoms with Crippen LogP contribution in [-0.4, -0.2) is 99.7 Å². The van der Waals surface area contributed by atoms with E-state index in [1.807, 2.05) is 55.8 Å². The molecule has 0 spiro atoms. The van der Waals surface area contributed by atoms with E-state index in [1.54, 1.807) is 6.20 Å². The van der Waals surface area contributed by atoms with Crippen molar-refractivity contribution in [1.29, 1.82) is 0 Å². The number of aromatic amines is 2. The molecule has 312 valence electrons. The molecule has 16 heteroatoms. The van der Waals surface area contributed by atoms with E-state index >= 15 is 0 Å². The highest BCUT2D eigenvalue weighted by atomic mass is 16.5. The van der Waals surface area contributed by atoms with Crippen molar-refractivity contribution in [3.8, 4) is 34.0 Å². The summed E-state index contributed by atoms with van der Waals surface area (Å²) < 4.78 is 16.2. The Morgan fingerprint density at radius 1 is 0.746 bits per heavy atom. The number of nitrogens with one attached hydrogen (secondary N) is 4. The standard InChI is InChI=1S/C43H53N9O7/c1-23(2)35(48-42(55)57-5)40(53)51-18-8-11-31(51)38-44-21-28(46-38)25-13-15-30-34(20-25)59-33-16-14-26(27-10-7-17-50(30)37(27)33)29-22-45-39(47-29)32-12-9-19-52(32)41(54)36(24(3)4)49-43(56)58-6/h13-16,20-24,31-32,35-36H,7-12,17-19H2,1-6H3,(H,44,46)(H,45,47)(H,48,55)(H,49,56)/t31-,32-,35-,36-/m0/s1. The van der Waals surface area contributed by atoms with E-state index in [-0.39, 0.29) is 35.7 Å². The van der Waals surface area contributed by atoms with Gasteiger partial charge >= 0.3 is 12.2 Å². The fourth-order valence-corrected chi connectivity index (χ4v) is 9.05. The molecule has 4 aliphatic rings. The maximum atomic E-state index is 13.7. The molecule has 2 aromatic carbocycles. The Bertz CT molecular complexity index is 2250. The molecule has 0 saturated carbocycles. The van der Waals surface area contributed by atoms with Gasteiger partial charge in [0.2, 0.25) is 11.8 Å². The van der Waals surface area contributed by atoms with E-state index in [0.717, 1.165) is 96.3 Å². The lowest BCUT2D eigenvalue weighted by Gasteiger charge is -2.38. The predicted octanol–water partition coefficient (Wildman–Crippen LogP) is 6.75. The number of methoxy groups -OCH3 is 2. The number of amides is 4. The highest BCUT2D eigenvalue weighted by molar-refractivity contribution is 5.89. The monoisotopic (exact) mass is 807 g/mol. The van der Waals surface area contributed by atoms with Gasteiger partial charge in [-0.1, -0.05) is 33.8 Å². The maximum absolute atomic E-state index is 13.7. The molecule has 0 bridgehead atoms. The third-order valence-electron chi connectivity index (χ3n) is 12.1. The van der Waals surface area contributed by atoms with Crippen LogP contribution in [0.5, 0.6) is 11.5 Å². The van der Waals surface area contributed by atoms with Crippen LogP contribution in [0, 0.1) is 11.8 Å². The normalized spacial score (nSPS) is 19.2. The van der Waals surface area contributed by atoms with Crippen LogP contribution in [0.1, 0.15) is 89.1 Å². The van der Waals surface area contributed by atoms with Crippen molar-refractivity contribution in [3.05, 3.63) is 59.9 Å². The van der Waals surface area contributed by atoms with Crippen LogP contribution in [0.2, 0.25) is 0 Å². The molecule has 8 rings (SSSR count). The van der Waals surface area contributed by atoms with Crippen LogP contribution in [-0.2, 0) is 25.5 Å². The van der Waals surface area contributed by atoms with Gasteiger partial charge in [0.25, 0.3) is 0 Å². The Morgan fingerprint density at radius 3 is 1.90 bits per heavy atom. The van der Waals surface area contributed by atoms with Gasteiger partial charge in [-0.15, -0.1) is 0 Å². The zero-order chi connectivity index (χ0) is 41.5. The van der Waals surface area contributed by atoms with Gasteiger partial charge in [-0.25, -0.2) is 19.6 Å². The minimum atomic E-state index is -0.705. The lowest BCUT2D eigenvalue weighted by molar-refractivity contribution is -0.136. The van der Waals surface area contributed by atoms with Gasteiger partial charge in [0.1, 0.15) is 23.7 Å². The third-order valence-corrected chi connectivity index (χ3v) is 12.1. The van der Waals surface area contributed by atoms with Gasteiger partial charge in [-0.3, -0.25) is 9.59 Å². The molecule has 2 saturated heterocycles. The summed E-state index contributed by atoms with van der Waals surface area (Å²) in [7, 11) is 2.58. The molecular formula is C43H53N9O7. The SMILES string of the molecule is COC(=O)N[C@H](C(=O)N1CCC[C@H]1c1ncc(-c2ccc3c(c2)Oc2ccc(-c4cnc([C@@H]5CCCN5C(=O)[C@@H](NC(=O)OC)C(C)C)[nH]4)c4c2N3CCC4)[nH]1)C(C)C. The Labute approximate surface area is 343 Å². The van der Waals surface area contributed by atoms with Crippen molar-refractivity contribution in [1.82, 2.24) is 40.4 Å². The molecule has 2 aromatic heterocycles. The second kappa shape index (κ2) is 16.3. The molecule has 0 radical (unpaired) electrons. The summed E-state index contributed by atoms with van der Waals surface area (Å²) in [6.45, 7) is 9.62. The van der Waals surface area contributed by atoms with E-state index in [4.69, 9.17) is 24.2 Å². The van der Waals surface area contributed by atoms with Crippen LogP contribution in [0.4, 0.5) is 21.0 Å². The number of rotatable bonds is 10.